The van der Waals surface area contributed by atoms with Crippen LogP contribution in [0.15, 0.2) is 4.99 Å². The fraction of sp³-hybridized carbons (Fsp3) is 0.929. The summed E-state index contributed by atoms with van der Waals surface area (Å²) in [6.45, 7) is 5.69. The molecule has 0 saturated carbocycles. The maximum atomic E-state index is 4.58. The molecule has 1 atom stereocenters. The third kappa shape index (κ3) is 5.34. The Balaban J connectivity index is 1.89. The Hall–Kier alpha value is -0.330. The van der Waals surface area contributed by atoms with Gasteiger partial charge in [-0.05, 0) is 25.2 Å². The van der Waals surface area contributed by atoms with Crippen LogP contribution in [0.2, 0.25) is 0 Å². The Morgan fingerprint density at radius 3 is 2.33 bits per heavy atom. The largest absolute Gasteiger partial charge is 0.294 e. The molecule has 1 aliphatic heterocycles. The Kier molecular flexibility index (Phi) is 6.71. The number of hydrogen-bond donors (Lipinski definition) is 0. The maximum absolute atomic E-state index is 4.58. The molecule has 1 unspecified atom stereocenters. The second-order valence-corrected chi connectivity index (χ2v) is 4.93. The summed E-state index contributed by atoms with van der Waals surface area (Å²) in [5.74, 6) is 0.782. The predicted molar refractivity (Wildman–Crippen MR) is 68.7 cm³/mol. The number of unbranched alkanes of at least 4 members (excludes halogenated alkanes) is 6. The van der Waals surface area contributed by atoms with E-state index in [1.54, 1.807) is 0 Å². The van der Waals surface area contributed by atoms with E-state index < -0.39 is 0 Å². The zero-order chi connectivity index (χ0) is 10.9. The van der Waals surface area contributed by atoms with Crippen LogP contribution in [0.3, 0.4) is 0 Å². The van der Waals surface area contributed by atoms with Gasteiger partial charge in [0.05, 0.1) is 0 Å². The first-order valence-electron chi connectivity index (χ1n) is 6.87. The molecule has 1 rings (SSSR count). The molecular formula is C14H27N. The van der Waals surface area contributed by atoms with Crippen molar-refractivity contribution in [3.8, 4) is 0 Å². The number of hydrogen-bond acceptors (Lipinski definition) is 1. The molecule has 0 spiro atoms. The van der Waals surface area contributed by atoms with Gasteiger partial charge in [0.1, 0.15) is 0 Å². The van der Waals surface area contributed by atoms with Crippen molar-refractivity contribution in [2.45, 2.75) is 71.6 Å². The van der Waals surface area contributed by atoms with Crippen LogP contribution >= 0.6 is 0 Å². The van der Waals surface area contributed by atoms with E-state index in [9.17, 15) is 0 Å². The molecule has 0 N–H and O–H groups in total. The van der Waals surface area contributed by atoms with Crippen LogP contribution < -0.4 is 0 Å². The lowest BCUT2D eigenvalue weighted by Crippen LogP contribution is -2.04. The lowest BCUT2D eigenvalue weighted by Gasteiger charge is -2.06. The Labute approximate surface area is 95.4 Å². The van der Waals surface area contributed by atoms with Gasteiger partial charge in [0, 0.05) is 12.3 Å². The van der Waals surface area contributed by atoms with Gasteiger partial charge in [-0.3, -0.25) is 4.99 Å². The molecule has 0 saturated heterocycles. The molecule has 0 aliphatic carbocycles. The first kappa shape index (κ1) is 12.7. The molecule has 1 aliphatic rings. The summed E-state index contributed by atoms with van der Waals surface area (Å²) in [6.07, 6.45) is 12.4. The van der Waals surface area contributed by atoms with Gasteiger partial charge in [0.15, 0.2) is 0 Å². The van der Waals surface area contributed by atoms with E-state index in [0.29, 0.717) is 0 Å². The molecule has 0 fully saturated rings. The topological polar surface area (TPSA) is 12.4 Å². The molecule has 1 heteroatoms. The van der Waals surface area contributed by atoms with E-state index in [0.717, 1.165) is 12.5 Å². The molecule has 0 aromatic carbocycles. The summed E-state index contributed by atoms with van der Waals surface area (Å²) in [5, 5.41) is 0. The fourth-order valence-electron chi connectivity index (χ4n) is 2.31. The van der Waals surface area contributed by atoms with Crippen molar-refractivity contribution in [3.05, 3.63) is 0 Å². The van der Waals surface area contributed by atoms with Crippen LogP contribution in [0, 0.1) is 5.92 Å². The summed E-state index contributed by atoms with van der Waals surface area (Å²) >= 11 is 0. The van der Waals surface area contributed by atoms with Crippen molar-refractivity contribution in [2.75, 3.05) is 6.54 Å². The van der Waals surface area contributed by atoms with Gasteiger partial charge in [0.2, 0.25) is 0 Å². The van der Waals surface area contributed by atoms with Gasteiger partial charge in [0.25, 0.3) is 0 Å². The second kappa shape index (κ2) is 7.90. The fourth-order valence-corrected chi connectivity index (χ4v) is 2.31. The first-order chi connectivity index (χ1) is 7.34. The Morgan fingerprint density at radius 2 is 1.73 bits per heavy atom. The van der Waals surface area contributed by atoms with Crippen LogP contribution in [0.25, 0.3) is 0 Å². The van der Waals surface area contributed by atoms with E-state index >= 15 is 0 Å². The van der Waals surface area contributed by atoms with Crippen LogP contribution in [0.5, 0.6) is 0 Å². The van der Waals surface area contributed by atoms with Crippen molar-refractivity contribution >= 4 is 5.71 Å². The third-order valence-corrected chi connectivity index (χ3v) is 3.48. The standard InChI is InChI=1S/C14H27N/c1-3-4-5-6-7-8-9-10-14-13(2)11-12-15-14/h13H,3-12H2,1-2H3. The summed E-state index contributed by atoms with van der Waals surface area (Å²) in [5.41, 5.74) is 1.50. The molecule has 88 valence electrons. The van der Waals surface area contributed by atoms with Gasteiger partial charge in [-0.25, -0.2) is 0 Å². The quantitative estimate of drug-likeness (QED) is 0.518. The first-order valence-corrected chi connectivity index (χ1v) is 6.87. The number of aliphatic imine (C=N–C) groups is 1. The lowest BCUT2D eigenvalue weighted by molar-refractivity contribution is 0.592. The van der Waals surface area contributed by atoms with E-state index in [4.69, 9.17) is 0 Å². The number of nitrogens with zero attached hydrogens (tertiary/aromatic N) is 1. The monoisotopic (exact) mass is 209 g/mol. The van der Waals surface area contributed by atoms with Crippen molar-refractivity contribution in [1.82, 2.24) is 0 Å². The van der Waals surface area contributed by atoms with Crippen LogP contribution in [-0.2, 0) is 0 Å². The minimum atomic E-state index is 0.782. The Bertz CT molecular complexity index is 184. The maximum Gasteiger partial charge on any atom is 0.0394 e. The molecule has 1 heterocycles. The van der Waals surface area contributed by atoms with Crippen LogP contribution in [-0.4, -0.2) is 12.3 Å². The van der Waals surface area contributed by atoms with Gasteiger partial charge < -0.3 is 0 Å². The highest BCUT2D eigenvalue weighted by Gasteiger charge is 2.14. The Morgan fingerprint density at radius 1 is 1.07 bits per heavy atom. The summed E-state index contributed by atoms with van der Waals surface area (Å²) in [4.78, 5) is 4.58. The number of rotatable bonds is 8. The van der Waals surface area contributed by atoms with Crippen LogP contribution in [0.4, 0.5) is 0 Å². The molecule has 0 bridgehead atoms. The molecular weight excluding hydrogens is 182 g/mol. The average Bonchev–Trinajstić information content (AvgIpc) is 2.63. The van der Waals surface area contributed by atoms with Gasteiger partial charge >= 0.3 is 0 Å². The minimum Gasteiger partial charge on any atom is -0.294 e. The molecule has 0 radical (unpaired) electrons. The zero-order valence-corrected chi connectivity index (χ0v) is 10.6. The molecule has 0 aromatic rings. The van der Waals surface area contributed by atoms with Crippen molar-refractivity contribution in [2.24, 2.45) is 10.9 Å². The highest BCUT2D eigenvalue weighted by molar-refractivity contribution is 5.87. The molecule has 0 amide bonds. The van der Waals surface area contributed by atoms with E-state index in [1.807, 2.05) is 0 Å². The highest BCUT2D eigenvalue weighted by Crippen LogP contribution is 2.18. The minimum absolute atomic E-state index is 0.782. The molecule has 15 heavy (non-hydrogen) atoms. The average molecular weight is 209 g/mol. The van der Waals surface area contributed by atoms with Gasteiger partial charge in [-0.1, -0.05) is 52.4 Å². The van der Waals surface area contributed by atoms with Crippen molar-refractivity contribution < 1.29 is 0 Å². The van der Waals surface area contributed by atoms with E-state index in [2.05, 4.69) is 18.8 Å². The summed E-state index contributed by atoms with van der Waals surface area (Å²) < 4.78 is 0. The summed E-state index contributed by atoms with van der Waals surface area (Å²) in [6, 6.07) is 0. The zero-order valence-electron chi connectivity index (χ0n) is 10.6. The molecule has 0 aromatic heterocycles. The van der Waals surface area contributed by atoms with E-state index in [1.165, 1.54) is 63.5 Å². The predicted octanol–water partition coefficient (Wildman–Crippen LogP) is 4.61. The second-order valence-electron chi connectivity index (χ2n) is 4.93. The van der Waals surface area contributed by atoms with Gasteiger partial charge in [-0.2, -0.15) is 0 Å². The highest BCUT2D eigenvalue weighted by atomic mass is 14.8. The normalized spacial score (nSPS) is 20.7. The summed E-state index contributed by atoms with van der Waals surface area (Å²) in [7, 11) is 0. The van der Waals surface area contributed by atoms with Crippen molar-refractivity contribution in [3.63, 3.8) is 0 Å². The van der Waals surface area contributed by atoms with Gasteiger partial charge in [-0.15, -0.1) is 0 Å². The van der Waals surface area contributed by atoms with Crippen LogP contribution in [0.1, 0.15) is 71.6 Å². The smallest absolute Gasteiger partial charge is 0.0394 e. The lowest BCUT2D eigenvalue weighted by atomic mass is 9.99. The SMILES string of the molecule is CCCCCCCCCC1=NCCC1C. The third-order valence-electron chi connectivity index (χ3n) is 3.48. The van der Waals surface area contributed by atoms with Crippen molar-refractivity contribution in [1.29, 1.82) is 0 Å². The van der Waals surface area contributed by atoms with E-state index in [-0.39, 0.29) is 0 Å². The molecule has 1 nitrogen and oxygen atoms in total.